The molecule has 0 spiro atoms. The molecule has 0 aromatic heterocycles. The number of methoxy groups -OCH3 is 1. The number of ether oxygens (including phenoxy) is 2. The van der Waals surface area contributed by atoms with Gasteiger partial charge in [-0.25, -0.2) is 0 Å². The Morgan fingerprint density at radius 2 is 1.50 bits per heavy atom. The van der Waals surface area contributed by atoms with Gasteiger partial charge in [-0.2, -0.15) is 0 Å². The Morgan fingerprint density at radius 3 is 2.03 bits per heavy atom. The van der Waals surface area contributed by atoms with Crippen molar-refractivity contribution in [3.8, 4) is 11.5 Å². The molecule has 0 N–H and O–H groups in total. The van der Waals surface area contributed by atoms with E-state index in [1.165, 1.54) is 5.56 Å². The maximum atomic E-state index is 12.9. The number of benzene rings is 2. The van der Waals surface area contributed by atoms with Gasteiger partial charge in [0.25, 0.3) is 11.8 Å². The summed E-state index contributed by atoms with van der Waals surface area (Å²) in [7, 11) is 1.54. The van der Waals surface area contributed by atoms with Crippen molar-refractivity contribution in [2.75, 3.05) is 39.9 Å². The second-order valence-corrected chi connectivity index (χ2v) is 7.10. The first kappa shape index (κ1) is 21.4. The van der Waals surface area contributed by atoms with Gasteiger partial charge in [0, 0.05) is 37.3 Å². The highest BCUT2D eigenvalue weighted by molar-refractivity contribution is 5.96. The van der Waals surface area contributed by atoms with E-state index in [1.807, 2.05) is 24.3 Å². The molecular weight excluding hydrogens is 380 g/mol. The van der Waals surface area contributed by atoms with E-state index in [9.17, 15) is 9.59 Å². The van der Waals surface area contributed by atoms with Gasteiger partial charge in [-0.3, -0.25) is 9.59 Å². The van der Waals surface area contributed by atoms with Crippen LogP contribution in [0.4, 0.5) is 0 Å². The quantitative estimate of drug-likeness (QED) is 0.659. The molecule has 3 rings (SSSR count). The summed E-state index contributed by atoms with van der Waals surface area (Å²) in [6.07, 6.45) is 2.60. The van der Waals surface area contributed by atoms with E-state index in [0.29, 0.717) is 55.4 Å². The van der Waals surface area contributed by atoms with E-state index in [4.69, 9.17) is 9.47 Å². The topological polar surface area (TPSA) is 59.1 Å². The average Bonchev–Trinajstić information content (AvgIpc) is 2.81. The Hall–Kier alpha value is -3.28. The highest BCUT2D eigenvalue weighted by Crippen LogP contribution is 2.28. The molecule has 158 valence electrons. The molecule has 2 amide bonds. The van der Waals surface area contributed by atoms with Crippen LogP contribution in [-0.4, -0.2) is 61.5 Å². The van der Waals surface area contributed by atoms with Gasteiger partial charge in [0.2, 0.25) is 0 Å². The van der Waals surface area contributed by atoms with Crippen LogP contribution in [-0.2, 0) is 6.42 Å². The van der Waals surface area contributed by atoms with E-state index in [-0.39, 0.29) is 11.8 Å². The summed E-state index contributed by atoms with van der Waals surface area (Å²) in [6, 6.07) is 12.9. The molecule has 1 fully saturated rings. The van der Waals surface area contributed by atoms with Crippen molar-refractivity contribution in [2.24, 2.45) is 0 Å². The van der Waals surface area contributed by atoms with Crippen LogP contribution in [0, 0.1) is 0 Å². The van der Waals surface area contributed by atoms with Gasteiger partial charge >= 0.3 is 0 Å². The van der Waals surface area contributed by atoms with Crippen LogP contribution in [0.15, 0.2) is 55.1 Å². The van der Waals surface area contributed by atoms with Crippen LogP contribution in [0.3, 0.4) is 0 Å². The lowest BCUT2D eigenvalue weighted by molar-refractivity contribution is 0.0535. The number of nitrogens with zero attached hydrogens (tertiary/aromatic N) is 2. The maximum absolute atomic E-state index is 12.9. The number of hydrogen-bond donors (Lipinski definition) is 0. The monoisotopic (exact) mass is 408 g/mol. The third-order valence-corrected chi connectivity index (χ3v) is 5.23. The predicted octanol–water partition coefficient (Wildman–Crippen LogP) is 3.42. The average molecular weight is 408 g/mol. The standard InChI is InChI=1S/C24H28N2O4/c1-4-16-30-21-11-10-20(17-22(21)29-3)24(28)26-14-12-25(13-15-26)23(27)19-8-6-18(5-2)7-9-19/h4,6-11,17H,1,5,12-16H2,2-3H3. The van der Waals surface area contributed by atoms with Crippen LogP contribution < -0.4 is 9.47 Å². The zero-order valence-corrected chi connectivity index (χ0v) is 17.6. The third kappa shape index (κ3) is 4.82. The van der Waals surface area contributed by atoms with Crippen LogP contribution in [0.25, 0.3) is 0 Å². The summed E-state index contributed by atoms with van der Waals surface area (Å²) in [6.45, 7) is 8.09. The Morgan fingerprint density at radius 1 is 0.933 bits per heavy atom. The lowest BCUT2D eigenvalue weighted by atomic mass is 10.1. The summed E-state index contributed by atoms with van der Waals surface area (Å²) >= 11 is 0. The Labute approximate surface area is 177 Å². The van der Waals surface area contributed by atoms with Gasteiger partial charge in [0.05, 0.1) is 7.11 Å². The second-order valence-electron chi connectivity index (χ2n) is 7.10. The Bertz CT molecular complexity index is 900. The smallest absolute Gasteiger partial charge is 0.254 e. The van der Waals surface area contributed by atoms with Crippen molar-refractivity contribution < 1.29 is 19.1 Å². The lowest BCUT2D eigenvalue weighted by Gasteiger charge is -2.35. The molecule has 30 heavy (non-hydrogen) atoms. The number of rotatable bonds is 7. The van der Waals surface area contributed by atoms with Crippen molar-refractivity contribution in [2.45, 2.75) is 13.3 Å². The molecule has 0 saturated carbocycles. The second kappa shape index (κ2) is 9.96. The first-order chi connectivity index (χ1) is 14.6. The molecule has 2 aromatic carbocycles. The zero-order chi connectivity index (χ0) is 21.5. The van der Waals surface area contributed by atoms with Gasteiger partial charge in [-0.15, -0.1) is 0 Å². The SMILES string of the molecule is C=CCOc1ccc(C(=O)N2CCN(C(=O)c3ccc(CC)cc3)CC2)cc1OC. The molecule has 1 saturated heterocycles. The minimum Gasteiger partial charge on any atom is -0.493 e. The van der Waals surface area contributed by atoms with Crippen LogP contribution in [0.1, 0.15) is 33.2 Å². The van der Waals surface area contributed by atoms with Crippen LogP contribution in [0.5, 0.6) is 11.5 Å². The number of carbonyl (C=O) groups is 2. The molecule has 0 aliphatic carbocycles. The number of hydrogen-bond acceptors (Lipinski definition) is 4. The zero-order valence-electron chi connectivity index (χ0n) is 17.6. The fraction of sp³-hybridized carbons (Fsp3) is 0.333. The van der Waals surface area contributed by atoms with E-state index in [1.54, 1.807) is 41.2 Å². The first-order valence-corrected chi connectivity index (χ1v) is 10.2. The largest absolute Gasteiger partial charge is 0.493 e. The lowest BCUT2D eigenvalue weighted by Crippen LogP contribution is -2.50. The first-order valence-electron chi connectivity index (χ1n) is 10.2. The van der Waals surface area contributed by atoms with Crippen LogP contribution in [0.2, 0.25) is 0 Å². The van der Waals surface area contributed by atoms with Crippen molar-refractivity contribution in [3.05, 3.63) is 71.8 Å². The molecule has 0 atom stereocenters. The molecule has 1 aliphatic rings. The molecule has 2 aromatic rings. The van der Waals surface area contributed by atoms with Crippen molar-refractivity contribution >= 4 is 11.8 Å². The predicted molar refractivity (Wildman–Crippen MR) is 116 cm³/mol. The molecule has 0 unspecified atom stereocenters. The number of carbonyl (C=O) groups excluding carboxylic acids is 2. The summed E-state index contributed by atoms with van der Waals surface area (Å²) in [4.78, 5) is 29.2. The Kier molecular flexibility index (Phi) is 7.12. The molecule has 0 bridgehead atoms. The molecule has 6 heteroatoms. The van der Waals surface area contributed by atoms with Gasteiger partial charge in [-0.05, 0) is 42.3 Å². The van der Waals surface area contributed by atoms with E-state index >= 15 is 0 Å². The molecule has 0 radical (unpaired) electrons. The van der Waals surface area contributed by atoms with Gasteiger partial charge in [0.1, 0.15) is 6.61 Å². The molecule has 6 nitrogen and oxygen atoms in total. The highest BCUT2D eigenvalue weighted by atomic mass is 16.5. The minimum absolute atomic E-state index is 0.00939. The van der Waals surface area contributed by atoms with Gasteiger partial charge < -0.3 is 19.3 Å². The van der Waals surface area contributed by atoms with Crippen molar-refractivity contribution in [3.63, 3.8) is 0 Å². The number of piperazine rings is 1. The van der Waals surface area contributed by atoms with Gasteiger partial charge in [-0.1, -0.05) is 31.7 Å². The molecule has 1 heterocycles. The van der Waals surface area contributed by atoms with E-state index < -0.39 is 0 Å². The molecular formula is C24H28N2O4. The highest BCUT2D eigenvalue weighted by Gasteiger charge is 2.26. The van der Waals surface area contributed by atoms with Crippen LogP contribution >= 0.6 is 0 Å². The van der Waals surface area contributed by atoms with E-state index in [2.05, 4.69) is 13.5 Å². The summed E-state index contributed by atoms with van der Waals surface area (Å²) < 4.78 is 10.9. The normalized spacial score (nSPS) is 13.7. The molecule has 1 aliphatic heterocycles. The number of aryl methyl sites for hydroxylation is 1. The van der Waals surface area contributed by atoms with E-state index in [0.717, 1.165) is 6.42 Å². The van der Waals surface area contributed by atoms with Crippen molar-refractivity contribution in [1.29, 1.82) is 0 Å². The maximum Gasteiger partial charge on any atom is 0.254 e. The fourth-order valence-electron chi connectivity index (χ4n) is 3.43. The number of amides is 2. The third-order valence-electron chi connectivity index (χ3n) is 5.23. The van der Waals surface area contributed by atoms with Gasteiger partial charge in [0.15, 0.2) is 11.5 Å². The summed E-state index contributed by atoms with van der Waals surface area (Å²) in [5.41, 5.74) is 2.43. The summed E-state index contributed by atoms with van der Waals surface area (Å²) in [5, 5.41) is 0. The summed E-state index contributed by atoms with van der Waals surface area (Å²) in [5.74, 6) is 1.00. The Balaban J connectivity index is 1.62. The minimum atomic E-state index is -0.0806. The fourth-order valence-corrected chi connectivity index (χ4v) is 3.43. The van der Waals surface area contributed by atoms with Crippen molar-refractivity contribution in [1.82, 2.24) is 9.80 Å².